The third-order valence-corrected chi connectivity index (χ3v) is 2.42. The predicted molar refractivity (Wildman–Crippen MR) is 64.6 cm³/mol. The average molecular weight is 228 g/mol. The fourth-order valence-electron chi connectivity index (χ4n) is 1.20. The van der Waals surface area contributed by atoms with Crippen molar-refractivity contribution >= 4 is 0 Å². The lowest BCUT2D eigenvalue weighted by Gasteiger charge is -1.95. The Labute approximate surface area is 98.8 Å². The highest BCUT2D eigenvalue weighted by molar-refractivity contribution is 4.71. The van der Waals surface area contributed by atoms with Gasteiger partial charge < -0.3 is 14.2 Å². The van der Waals surface area contributed by atoms with Gasteiger partial charge in [-0.05, 0) is 12.8 Å². The van der Waals surface area contributed by atoms with Crippen LogP contribution in [0, 0.1) is 0 Å². The second kappa shape index (κ2) is 8.74. The minimum Gasteiger partial charge on any atom is -0.376 e. The van der Waals surface area contributed by atoms with Crippen molar-refractivity contribution in [2.45, 2.75) is 44.8 Å². The molecular weight excluding hydrogens is 204 g/mol. The number of ether oxygens (including phenoxy) is 3. The van der Waals surface area contributed by atoms with E-state index >= 15 is 0 Å². The van der Waals surface area contributed by atoms with E-state index in [1.165, 1.54) is 25.7 Å². The molecule has 0 saturated carbocycles. The van der Waals surface area contributed by atoms with E-state index in [0.29, 0.717) is 12.2 Å². The molecule has 3 nitrogen and oxygen atoms in total. The van der Waals surface area contributed by atoms with Crippen molar-refractivity contribution in [2.75, 3.05) is 26.4 Å². The van der Waals surface area contributed by atoms with Crippen LogP contribution in [0.2, 0.25) is 0 Å². The summed E-state index contributed by atoms with van der Waals surface area (Å²) in [6.45, 7) is 9.10. The van der Waals surface area contributed by atoms with Crippen LogP contribution in [0.1, 0.15) is 32.6 Å². The Balaban J connectivity index is 0.000000168. The molecule has 3 heteroatoms. The quantitative estimate of drug-likeness (QED) is 0.364. The molecule has 0 amide bonds. The maximum Gasteiger partial charge on any atom is 0.104 e. The Kier molecular flexibility index (Phi) is 7.47. The summed E-state index contributed by atoms with van der Waals surface area (Å²) in [5.41, 5.74) is 0. The molecule has 0 spiro atoms. The van der Waals surface area contributed by atoms with Crippen LogP contribution in [-0.2, 0) is 14.2 Å². The first-order chi connectivity index (χ1) is 7.86. The number of hydrogen-bond acceptors (Lipinski definition) is 3. The Hall–Kier alpha value is -0.380. The molecule has 2 aliphatic rings. The molecule has 94 valence electrons. The van der Waals surface area contributed by atoms with E-state index in [-0.39, 0.29) is 0 Å². The van der Waals surface area contributed by atoms with Gasteiger partial charge in [0.25, 0.3) is 0 Å². The average Bonchev–Trinajstić information content (AvgIpc) is 3.14. The van der Waals surface area contributed by atoms with Crippen molar-refractivity contribution < 1.29 is 14.2 Å². The topological polar surface area (TPSA) is 34.3 Å². The van der Waals surface area contributed by atoms with E-state index in [0.717, 1.165) is 26.4 Å². The second-order valence-electron chi connectivity index (χ2n) is 4.23. The lowest BCUT2D eigenvalue weighted by atomic mass is 10.2. The molecule has 2 heterocycles. The molecule has 2 atom stereocenters. The zero-order chi connectivity index (χ0) is 11.6. The number of unbranched alkanes of at least 4 members (excludes halogenated alkanes) is 3. The van der Waals surface area contributed by atoms with Crippen LogP contribution < -0.4 is 0 Å². The van der Waals surface area contributed by atoms with Crippen molar-refractivity contribution in [1.29, 1.82) is 0 Å². The van der Waals surface area contributed by atoms with Crippen LogP contribution >= 0.6 is 0 Å². The molecule has 2 unspecified atom stereocenters. The third kappa shape index (κ3) is 8.89. The first kappa shape index (κ1) is 13.7. The summed E-state index contributed by atoms with van der Waals surface area (Å²) in [5.74, 6) is 0. The van der Waals surface area contributed by atoms with E-state index in [1.54, 1.807) is 0 Å². The highest BCUT2D eigenvalue weighted by atomic mass is 16.6. The van der Waals surface area contributed by atoms with E-state index in [2.05, 4.69) is 13.5 Å². The summed E-state index contributed by atoms with van der Waals surface area (Å²) in [5, 5.41) is 0. The van der Waals surface area contributed by atoms with Gasteiger partial charge in [0.1, 0.15) is 12.2 Å². The molecule has 0 bridgehead atoms. The van der Waals surface area contributed by atoms with E-state index in [9.17, 15) is 0 Å². The molecule has 2 rings (SSSR count). The maximum atomic E-state index is 5.23. The zero-order valence-electron chi connectivity index (χ0n) is 10.3. The Morgan fingerprint density at radius 2 is 1.75 bits per heavy atom. The van der Waals surface area contributed by atoms with Crippen molar-refractivity contribution in [2.24, 2.45) is 0 Å². The summed E-state index contributed by atoms with van der Waals surface area (Å²) in [4.78, 5) is 0. The molecule has 0 aromatic heterocycles. The molecule has 16 heavy (non-hydrogen) atoms. The fourth-order valence-corrected chi connectivity index (χ4v) is 1.20. The standard InChI is InChI=1S/C7H14.C6H10O3/c1-3-5-7-6-4-2;1(5-3-8-5)7-2-6-4-9-6/h3H,1,4-7H2,2H3;5-6H,1-4H2. The van der Waals surface area contributed by atoms with Crippen molar-refractivity contribution in [1.82, 2.24) is 0 Å². The molecule has 0 N–H and O–H groups in total. The number of allylic oxidation sites excluding steroid dienone is 1. The largest absolute Gasteiger partial charge is 0.376 e. The minimum absolute atomic E-state index is 0.392. The van der Waals surface area contributed by atoms with Crippen molar-refractivity contribution in [3.05, 3.63) is 12.7 Å². The van der Waals surface area contributed by atoms with Gasteiger partial charge in [0.2, 0.25) is 0 Å². The van der Waals surface area contributed by atoms with Gasteiger partial charge in [-0.25, -0.2) is 0 Å². The summed E-state index contributed by atoms with van der Waals surface area (Å²) in [6.07, 6.45) is 7.94. The number of rotatable bonds is 8. The first-order valence-corrected chi connectivity index (χ1v) is 6.28. The normalized spacial score (nSPS) is 25.6. The first-order valence-electron chi connectivity index (χ1n) is 6.28. The lowest BCUT2D eigenvalue weighted by Crippen LogP contribution is -2.06. The molecule has 2 saturated heterocycles. The molecule has 2 aliphatic heterocycles. The van der Waals surface area contributed by atoms with Crippen LogP contribution in [0.15, 0.2) is 12.7 Å². The van der Waals surface area contributed by atoms with Crippen LogP contribution in [0.25, 0.3) is 0 Å². The van der Waals surface area contributed by atoms with E-state index in [4.69, 9.17) is 14.2 Å². The predicted octanol–water partition coefficient (Wildman–Crippen LogP) is 2.55. The Morgan fingerprint density at radius 1 is 1.19 bits per heavy atom. The molecule has 0 aromatic rings. The van der Waals surface area contributed by atoms with Crippen molar-refractivity contribution in [3.63, 3.8) is 0 Å². The van der Waals surface area contributed by atoms with E-state index in [1.807, 2.05) is 6.08 Å². The van der Waals surface area contributed by atoms with E-state index < -0.39 is 0 Å². The smallest absolute Gasteiger partial charge is 0.104 e. The Morgan fingerprint density at radius 3 is 2.12 bits per heavy atom. The van der Waals surface area contributed by atoms with Gasteiger partial charge in [0.05, 0.1) is 26.4 Å². The summed E-state index contributed by atoms with van der Waals surface area (Å²) in [7, 11) is 0. The fraction of sp³-hybridized carbons (Fsp3) is 0.846. The molecular formula is C13H24O3. The summed E-state index contributed by atoms with van der Waals surface area (Å²) >= 11 is 0. The highest BCUT2D eigenvalue weighted by Gasteiger charge is 2.26. The third-order valence-electron chi connectivity index (χ3n) is 2.42. The van der Waals surface area contributed by atoms with Gasteiger partial charge in [0, 0.05) is 0 Å². The van der Waals surface area contributed by atoms with Crippen molar-refractivity contribution in [3.8, 4) is 0 Å². The van der Waals surface area contributed by atoms with Gasteiger partial charge in [-0.2, -0.15) is 0 Å². The molecule has 0 aliphatic carbocycles. The SMILES string of the molecule is C(OCC1CO1)C1CO1.C=CCCCCC. The zero-order valence-corrected chi connectivity index (χ0v) is 10.3. The van der Waals surface area contributed by atoms with Gasteiger partial charge >= 0.3 is 0 Å². The Bertz CT molecular complexity index is 162. The van der Waals surface area contributed by atoms with Crippen LogP contribution in [0.5, 0.6) is 0 Å². The van der Waals surface area contributed by atoms with Crippen LogP contribution in [0.4, 0.5) is 0 Å². The minimum atomic E-state index is 0.392. The second-order valence-corrected chi connectivity index (χ2v) is 4.23. The monoisotopic (exact) mass is 228 g/mol. The molecule has 2 fully saturated rings. The van der Waals surface area contributed by atoms with Gasteiger partial charge in [-0.3, -0.25) is 0 Å². The van der Waals surface area contributed by atoms with Gasteiger partial charge in [0.15, 0.2) is 0 Å². The van der Waals surface area contributed by atoms with Crippen LogP contribution in [-0.4, -0.2) is 38.6 Å². The molecule has 0 aromatic carbocycles. The van der Waals surface area contributed by atoms with Gasteiger partial charge in [-0.1, -0.05) is 25.8 Å². The maximum absolute atomic E-state index is 5.23. The summed E-state index contributed by atoms with van der Waals surface area (Å²) in [6, 6.07) is 0. The number of hydrogen-bond donors (Lipinski definition) is 0. The van der Waals surface area contributed by atoms with Crippen LogP contribution in [0.3, 0.4) is 0 Å². The summed E-state index contributed by atoms with van der Waals surface area (Å²) < 4.78 is 15.1. The number of epoxide rings is 2. The molecule has 0 radical (unpaired) electrons. The lowest BCUT2D eigenvalue weighted by molar-refractivity contribution is 0.102. The highest BCUT2D eigenvalue weighted by Crippen LogP contribution is 2.12. The van der Waals surface area contributed by atoms with Gasteiger partial charge in [-0.15, -0.1) is 6.58 Å².